The second-order valence-corrected chi connectivity index (χ2v) is 5.29. The Morgan fingerprint density at radius 2 is 2.00 bits per heavy atom. The molecule has 0 atom stereocenters. The number of thioether (sulfide) groups is 1. The Balaban J connectivity index is 2.18. The number of imidazole rings is 1. The van der Waals surface area contributed by atoms with Crippen molar-refractivity contribution in [1.29, 1.82) is 0 Å². The van der Waals surface area contributed by atoms with Crippen LogP contribution in [0.1, 0.15) is 12.6 Å². The molecule has 21 heavy (non-hydrogen) atoms. The Hall–Kier alpha value is -2.09. The number of alkyl halides is 2. The highest BCUT2D eigenvalue weighted by atomic mass is 32.2. The fourth-order valence-corrected chi connectivity index (χ4v) is 2.26. The smallest absolute Gasteiger partial charge is 0.235 e. The number of hydrogen-bond acceptors (Lipinski definition) is 5. The largest absolute Gasteiger partial charge is 0.288 e. The molecule has 0 saturated carbocycles. The Bertz CT molecular complexity index is 797. The summed E-state index contributed by atoms with van der Waals surface area (Å²) in [5, 5.41) is 4.76. The first-order valence-corrected chi connectivity index (χ1v) is 7.31. The number of nitrogens with zero attached hydrogens (tertiary/aromatic N) is 5. The Labute approximate surface area is 123 Å². The van der Waals surface area contributed by atoms with Crippen LogP contribution in [0.15, 0.2) is 35.7 Å². The van der Waals surface area contributed by atoms with Gasteiger partial charge in [-0.15, -0.1) is 11.8 Å². The molecule has 0 fully saturated rings. The monoisotopic (exact) mass is 307 g/mol. The maximum Gasteiger partial charge on any atom is 0.288 e. The van der Waals surface area contributed by atoms with Gasteiger partial charge < -0.3 is 0 Å². The highest BCUT2D eigenvalue weighted by molar-refractivity contribution is 7.98. The van der Waals surface area contributed by atoms with E-state index in [9.17, 15) is 8.78 Å². The summed E-state index contributed by atoms with van der Waals surface area (Å²) in [6.45, 7) is 0.814. The minimum Gasteiger partial charge on any atom is -0.235 e. The van der Waals surface area contributed by atoms with Crippen LogP contribution < -0.4 is 0 Å². The van der Waals surface area contributed by atoms with Crippen LogP contribution in [-0.2, 0) is 5.92 Å². The van der Waals surface area contributed by atoms with E-state index >= 15 is 0 Å². The molecular formula is C13H11F2N5S. The van der Waals surface area contributed by atoms with Gasteiger partial charge in [0.2, 0.25) is 0 Å². The van der Waals surface area contributed by atoms with Crippen molar-refractivity contribution in [2.75, 3.05) is 6.26 Å². The van der Waals surface area contributed by atoms with Crippen molar-refractivity contribution in [1.82, 2.24) is 24.6 Å². The van der Waals surface area contributed by atoms with Crippen molar-refractivity contribution in [2.45, 2.75) is 17.9 Å². The fourth-order valence-electron chi connectivity index (χ4n) is 1.87. The highest BCUT2D eigenvalue weighted by Gasteiger charge is 2.27. The van der Waals surface area contributed by atoms with Crippen molar-refractivity contribution in [3.63, 3.8) is 0 Å². The number of rotatable bonds is 3. The topological polar surface area (TPSA) is 56.0 Å². The molecule has 0 bridgehead atoms. The van der Waals surface area contributed by atoms with E-state index in [4.69, 9.17) is 0 Å². The zero-order chi connectivity index (χ0) is 15.0. The molecule has 3 heterocycles. The molecule has 0 spiro atoms. The Kier molecular flexibility index (Phi) is 3.32. The molecular weight excluding hydrogens is 296 g/mol. The second-order valence-electron chi connectivity index (χ2n) is 4.47. The van der Waals surface area contributed by atoms with Gasteiger partial charge in [0.25, 0.3) is 5.92 Å². The van der Waals surface area contributed by atoms with E-state index in [2.05, 4.69) is 20.1 Å². The van der Waals surface area contributed by atoms with Gasteiger partial charge in [-0.05, 0) is 24.5 Å². The van der Waals surface area contributed by atoms with E-state index in [0.29, 0.717) is 17.0 Å². The Morgan fingerprint density at radius 1 is 1.19 bits per heavy atom. The van der Waals surface area contributed by atoms with E-state index in [1.165, 1.54) is 34.7 Å². The molecule has 0 aromatic carbocycles. The lowest BCUT2D eigenvalue weighted by atomic mass is 10.2. The summed E-state index contributed by atoms with van der Waals surface area (Å²) in [7, 11) is 0. The van der Waals surface area contributed by atoms with Crippen LogP contribution in [0.5, 0.6) is 0 Å². The molecule has 0 unspecified atom stereocenters. The summed E-state index contributed by atoms with van der Waals surface area (Å²) >= 11 is 1.47. The lowest BCUT2D eigenvalue weighted by Gasteiger charge is -2.10. The lowest BCUT2D eigenvalue weighted by molar-refractivity contribution is 0.0116. The van der Waals surface area contributed by atoms with Gasteiger partial charge in [-0.3, -0.25) is 0 Å². The van der Waals surface area contributed by atoms with Gasteiger partial charge >= 0.3 is 0 Å². The summed E-state index contributed by atoms with van der Waals surface area (Å²) in [6, 6.07) is 4.56. The minimum absolute atomic E-state index is 0.312. The van der Waals surface area contributed by atoms with Gasteiger partial charge in [-0.25, -0.2) is 19.5 Å². The van der Waals surface area contributed by atoms with E-state index in [1.54, 1.807) is 12.3 Å². The van der Waals surface area contributed by atoms with E-state index in [-0.39, 0.29) is 5.69 Å². The number of aromatic nitrogens is 5. The molecule has 0 aliphatic heterocycles. The first kappa shape index (κ1) is 13.9. The molecule has 0 amide bonds. The molecule has 0 radical (unpaired) electrons. The molecule has 5 nitrogen and oxygen atoms in total. The van der Waals surface area contributed by atoms with Crippen LogP contribution >= 0.6 is 11.8 Å². The van der Waals surface area contributed by atoms with Gasteiger partial charge in [-0.2, -0.15) is 13.9 Å². The van der Waals surface area contributed by atoms with E-state index < -0.39 is 5.92 Å². The fraction of sp³-hybridized carbons (Fsp3) is 0.231. The number of fused-ring (bicyclic) bond motifs is 1. The summed E-state index contributed by atoms with van der Waals surface area (Å²) in [5.41, 5.74) is 1.32. The molecule has 8 heteroatoms. The van der Waals surface area contributed by atoms with Gasteiger partial charge in [0, 0.05) is 6.92 Å². The van der Waals surface area contributed by atoms with Crippen LogP contribution in [0.3, 0.4) is 0 Å². The quantitative estimate of drug-likeness (QED) is 0.550. The van der Waals surface area contributed by atoms with E-state index in [1.807, 2.05) is 6.26 Å². The van der Waals surface area contributed by atoms with Crippen molar-refractivity contribution in [3.8, 4) is 11.4 Å². The third-order valence-corrected chi connectivity index (χ3v) is 3.57. The summed E-state index contributed by atoms with van der Waals surface area (Å²) in [5.74, 6) is -3.01. The molecule has 0 aliphatic rings. The number of halogens is 2. The lowest BCUT2D eigenvalue weighted by Crippen LogP contribution is -2.12. The third-order valence-electron chi connectivity index (χ3n) is 2.93. The zero-order valence-electron chi connectivity index (χ0n) is 11.3. The Morgan fingerprint density at radius 3 is 2.71 bits per heavy atom. The SMILES string of the molecule is CSc1cc(-c2cnc3ccc(C(C)(F)F)nn23)ncn1. The van der Waals surface area contributed by atoms with Crippen molar-refractivity contribution in [3.05, 3.63) is 36.4 Å². The maximum absolute atomic E-state index is 13.4. The zero-order valence-corrected chi connectivity index (χ0v) is 12.1. The predicted molar refractivity (Wildman–Crippen MR) is 75.4 cm³/mol. The van der Waals surface area contributed by atoms with Crippen LogP contribution in [0.2, 0.25) is 0 Å². The minimum atomic E-state index is -3.01. The number of hydrogen-bond donors (Lipinski definition) is 0. The standard InChI is InChI=1S/C13H11F2N5S/c1-13(14,15)10-3-4-11-16-6-9(20(11)19-10)8-5-12(21-2)18-7-17-8/h3-7H,1-2H3. The normalized spacial score (nSPS) is 12.0. The first-order valence-electron chi connectivity index (χ1n) is 6.08. The molecule has 3 aromatic heterocycles. The van der Waals surface area contributed by atoms with Gasteiger partial charge in [-0.1, -0.05) is 0 Å². The highest BCUT2D eigenvalue weighted by Crippen LogP contribution is 2.26. The van der Waals surface area contributed by atoms with Crippen LogP contribution in [0.25, 0.3) is 17.0 Å². The van der Waals surface area contributed by atoms with Crippen molar-refractivity contribution >= 4 is 17.4 Å². The van der Waals surface area contributed by atoms with Gasteiger partial charge in [0.1, 0.15) is 17.7 Å². The first-order chi connectivity index (χ1) is 9.99. The second kappa shape index (κ2) is 5.03. The maximum atomic E-state index is 13.4. The predicted octanol–water partition coefficient (Wildman–Crippen LogP) is 3.02. The molecule has 0 N–H and O–H groups in total. The third kappa shape index (κ3) is 2.58. The summed E-state index contributed by atoms with van der Waals surface area (Å²) < 4.78 is 28.2. The molecule has 3 aromatic rings. The van der Waals surface area contributed by atoms with Crippen LogP contribution in [0.4, 0.5) is 8.78 Å². The van der Waals surface area contributed by atoms with Crippen molar-refractivity contribution < 1.29 is 8.78 Å². The molecule has 0 aliphatic carbocycles. The van der Waals surface area contributed by atoms with Gasteiger partial charge in [0.05, 0.1) is 16.9 Å². The van der Waals surface area contributed by atoms with Gasteiger partial charge in [0.15, 0.2) is 5.65 Å². The van der Waals surface area contributed by atoms with Crippen molar-refractivity contribution in [2.24, 2.45) is 0 Å². The molecule has 108 valence electrons. The average Bonchev–Trinajstić information content (AvgIpc) is 2.89. The van der Waals surface area contributed by atoms with Crippen LogP contribution in [-0.4, -0.2) is 30.8 Å². The summed E-state index contributed by atoms with van der Waals surface area (Å²) in [4.78, 5) is 12.4. The summed E-state index contributed by atoms with van der Waals surface area (Å²) in [6.07, 6.45) is 4.89. The van der Waals surface area contributed by atoms with E-state index in [0.717, 1.165) is 11.9 Å². The van der Waals surface area contributed by atoms with Crippen LogP contribution in [0, 0.1) is 0 Å². The molecule has 0 saturated heterocycles. The average molecular weight is 307 g/mol. The molecule has 3 rings (SSSR count).